The van der Waals surface area contributed by atoms with E-state index in [1.165, 1.54) is 12.8 Å². The van der Waals surface area contributed by atoms with E-state index in [0.717, 1.165) is 45.1 Å². The van der Waals surface area contributed by atoms with Gasteiger partial charge in [-0.15, -0.1) is 12.4 Å². The van der Waals surface area contributed by atoms with Gasteiger partial charge >= 0.3 is 0 Å². The number of carbonyl (C=O) groups excluding carboxylic acids is 1. The van der Waals surface area contributed by atoms with Gasteiger partial charge in [-0.05, 0) is 44.4 Å². The van der Waals surface area contributed by atoms with Crippen molar-refractivity contribution in [1.29, 1.82) is 0 Å². The topological polar surface area (TPSA) is 55.1 Å². The fourth-order valence-corrected chi connectivity index (χ4v) is 3.16. The summed E-state index contributed by atoms with van der Waals surface area (Å²) in [4.78, 5) is 12.1. The number of nitrogens with one attached hydrogen (secondary N) is 1. The van der Waals surface area contributed by atoms with Crippen molar-refractivity contribution in [2.45, 2.75) is 64.3 Å². The number of halogens is 1. The van der Waals surface area contributed by atoms with Crippen LogP contribution in [0.5, 0.6) is 0 Å². The minimum absolute atomic E-state index is 0. The number of hydrogen-bond acceptors (Lipinski definition) is 2. The molecule has 2 rings (SSSR count). The minimum Gasteiger partial charge on any atom is -0.355 e. The lowest BCUT2D eigenvalue weighted by Crippen LogP contribution is -2.38. The molecule has 0 aromatic carbocycles. The standard InChI is InChI=1S/C14H26N2O.ClH/c1-2-6-14(7-8-14)13(17)16-10-11-4-3-5-12(15)9-11;/h11-12H,2-10,15H2,1H3,(H,16,17);1H. The minimum atomic E-state index is 0. The number of hydrogen-bond donors (Lipinski definition) is 2. The molecule has 0 saturated heterocycles. The first kappa shape index (κ1) is 15.8. The molecule has 0 aliphatic heterocycles. The second-order valence-electron chi connectivity index (χ2n) is 6.03. The molecule has 2 aliphatic carbocycles. The largest absolute Gasteiger partial charge is 0.355 e. The quantitative estimate of drug-likeness (QED) is 0.810. The molecule has 4 heteroatoms. The van der Waals surface area contributed by atoms with Gasteiger partial charge in [-0.1, -0.05) is 19.8 Å². The number of nitrogens with two attached hydrogens (primary N) is 1. The summed E-state index contributed by atoms with van der Waals surface area (Å²) in [6.07, 6.45) is 9.06. The van der Waals surface area contributed by atoms with Crippen molar-refractivity contribution in [3.63, 3.8) is 0 Å². The van der Waals surface area contributed by atoms with Crippen LogP contribution in [0.3, 0.4) is 0 Å². The fraction of sp³-hybridized carbons (Fsp3) is 0.929. The predicted octanol–water partition coefficient (Wildman–Crippen LogP) is 2.62. The van der Waals surface area contributed by atoms with Gasteiger partial charge in [-0.2, -0.15) is 0 Å². The molecule has 0 radical (unpaired) electrons. The Kier molecular flexibility index (Phi) is 5.93. The third-order valence-corrected chi connectivity index (χ3v) is 4.44. The molecule has 2 saturated carbocycles. The maximum atomic E-state index is 12.1. The van der Waals surface area contributed by atoms with Crippen molar-refractivity contribution in [2.75, 3.05) is 6.54 Å². The van der Waals surface area contributed by atoms with E-state index >= 15 is 0 Å². The van der Waals surface area contributed by atoms with E-state index < -0.39 is 0 Å². The lowest BCUT2D eigenvalue weighted by molar-refractivity contribution is -0.126. The highest BCUT2D eigenvalue weighted by molar-refractivity contribution is 5.85. The van der Waals surface area contributed by atoms with Gasteiger partial charge in [-0.3, -0.25) is 4.79 Å². The van der Waals surface area contributed by atoms with Crippen LogP contribution in [-0.2, 0) is 4.79 Å². The van der Waals surface area contributed by atoms with Gasteiger partial charge in [0.1, 0.15) is 0 Å². The number of carbonyl (C=O) groups is 1. The van der Waals surface area contributed by atoms with Crippen LogP contribution in [0.4, 0.5) is 0 Å². The molecule has 0 heterocycles. The van der Waals surface area contributed by atoms with E-state index in [1.807, 2.05) is 0 Å². The molecule has 2 unspecified atom stereocenters. The van der Waals surface area contributed by atoms with Gasteiger partial charge in [0.15, 0.2) is 0 Å². The SMILES string of the molecule is CCCC1(C(=O)NCC2CCCC(N)C2)CC1.Cl. The lowest BCUT2D eigenvalue weighted by Gasteiger charge is -2.27. The van der Waals surface area contributed by atoms with Gasteiger partial charge < -0.3 is 11.1 Å². The Hall–Kier alpha value is -0.280. The zero-order valence-electron chi connectivity index (χ0n) is 11.4. The summed E-state index contributed by atoms with van der Waals surface area (Å²) >= 11 is 0. The molecule has 2 fully saturated rings. The molecule has 3 N–H and O–H groups in total. The lowest BCUT2D eigenvalue weighted by atomic mass is 9.86. The van der Waals surface area contributed by atoms with Gasteiger partial charge in [0.05, 0.1) is 0 Å². The van der Waals surface area contributed by atoms with Crippen LogP contribution >= 0.6 is 12.4 Å². The van der Waals surface area contributed by atoms with Crippen molar-refractivity contribution in [2.24, 2.45) is 17.1 Å². The third-order valence-electron chi connectivity index (χ3n) is 4.44. The summed E-state index contributed by atoms with van der Waals surface area (Å²) in [6, 6.07) is 0.358. The molecule has 0 bridgehead atoms. The van der Waals surface area contributed by atoms with Crippen molar-refractivity contribution in [1.82, 2.24) is 5.32 Å². The average Bonchev–Trinajstić information content (AvgIpc) is 3.08. The summed E-state index contributed by atoms with van der Waals surface area (Å²) in [5.74, 6) is 0.915. The first-order valence-corrected chi connectivity index (χ1v) is 7.20. The normalized spacial score (nSPS) is 29.2. The number of amides is 1. The Labute approximate surface area is 117 Å². The van der Waals surface area contributed by atoms with Crippen LogP contribution in [-0.4, -0.2) is 18.5 Å². The van der Waals surface area contributed by atoms with Gasteiger partial charge in [0.25, 0.3) is 0 Å². The van der Waals surface area contributed by atoms with Gasteiger partial charge in [0, 0.05) is 18.0 Å². The zero-order valence-corrected chi connectivity index (χ0v) is 12.2. The molecule has 106 valence electrons. The molecule has 0 aromatic rings. The highest BCUT2D eigenvalue weighted by Crippen LogP contribution is 2.49. The van der Waals surface area contributed by atoms with Crippen LogP contribution in [0.15, 0.2) is 0 Å². The van der Waals surface area contributed by atoms with Crippen molar-refractivity contribution in [3.05, 3.63) is 0 Å². The molecule has 18 heavy (non-hydrogen) atoms. The molecule has 1 amide bonds. The predicted molar refractivity (Wildman–Crippen MR) is 76.8 cm³/mol. The molecular weight excluding hydrogens is 248 g/mol. The van der Waals surface area contributed by atoms with Crippen LogP contribution in [0.1, 0.15) is 58.3 Å². The van der Waals surface area contributed by atoms with Crippen LogP contribution in [0.2, 0.25) is 0 Å². The van der Waals surface area contributed by atoms with E-state index in [0.29, 0.717) is 17.9 Å². The van der Waals surface area contributed by atoms with E-state index in [2.05, 4.69) is 12.2 Å². The van der Waals surface area contributed by atoms with Gasteiger partial charge in [-0.25, -0.2) is 0 Å². The Morgan fingerprint density at radius 3 is 2.67 bits per heavy atom. The second-order valence-corrected chi connectivity index (χ2v) is 6.03. The molecule has 0 spiro atoms. The summed E-state index contributed by atoms with van der Waals surface area (Å²) in [5, 5.41) is 3.17. The zero-order chi connectivity index (χ0) is 12.3. The van der Waals surface area contributed by atoms with Crippen molar-refractivity contribution >= 4 is 18.3 Å². The van der Waals surface area contributed by atoms with Crippen LogP contribution in [0, 0.1) is 11.3 Å². The highest BCUT2D eigenvalue weighted by Gasteiger charge is 2.48. The van der Waals surface area contributed by atoms with E-state index in [1.54, 1.807) is 0 Å². The average molecular weight is 275 g/mol. The molecule has 2 aliphatic rings. The van der Waals surface area contributed by atoms with Crippen molar-refractivity contribution in [3.8, 4) is 0 Å². The summed E-state index contributed by atoms with van der Waals surface area (Å²) < 4.78 is 0. The van der Waals surface area contributed by atoms with Crippen molar-refractivity contribution < 1.29 is 4.79 Å². The van der Waals surface area contributed by atoms with Gasteiger partial charge in [0.2, 0.25) is 5.91 Å². The van der Waals surface area contributed by atoms with E-state index in [4.69, 9.17) is 5.73 Å². The number of rotatable bonds is 5. The van der Waals surface area contributed by atoms with E-state index in [-0.39, 0.29) is 17.8 Å². The van der Waals surface area contributed by atoms with Crippen LogP contribution < -0.4 is 11.1 Å². The first-order chi connectivity index (χ1) is 8.16. The third kappa shape index (κ3) is 3.86. The first-order valence-electron chi connectivity index (χ1n) is 7.20. The second kappa shape index (κ2) is 6.76. The van der Waals surface area contributed by atoms with Crippen LogP contribution in [0.25, 0.3) is 0 Å². The Bertz CT molecular complexity index is 279. The summed E-state index contributed by atoms with van der Waals surface area (Å²) in [7, 11) is 0. The molecular formula is C14H27ClN2O. The Balaban J connectivity index is 0.00000162. The summed E-state index contributed by atoms with van der Waals surface area (Å²) in [6.45, 7) is 3.01. The van der Waals surface area contributed by atoms with E-state index in [9.17, 15) is 4.79 Å². The Morgan fingerprint density at radius 2 is 2.11 bits per heavy atom. The smallest absolute Gasteiger partial charge is 0.226 e. The molecule has 3 nitrogen and oxygen atoms in total. The monoisotopic (exact) mass is 274 g/mol. The maximum absolute atomic E-state index is 12.1. The summed E-state index contributed by atoms with van der Waals surface area (Å²) in [5.41, 5.74) is 5.98. The highest BCUT2D eigenvalue weighted by atomic mass is 35.5. The molecule has 2 atom stereocenters. The molecule has 0 aromatic heterocycles. The fourth-order valence-electron chi connectivity index (χ4n) is 3.16. The Morgan fingerprint density at radius 1 is 1.39 bits per heavy atom. The maximum Gasteiger partial charge on any atom is 0.226 e.